The fourth-order valence-corrected chi connectivity index (χ4v) is 8.58. The Morgan fingerprint density at radius 1 is 0.765 bits per heavy atom. The van der Waals surface area contributed by atoms with Crippen LogP contribution in [0.2, 0.25) is 0 Å². The fourth-order valence-electron chi connectivity index (χ4n) is 4.37. The number of hydrogen-bond acceptors (Lipinski definition) is 4. The zero-order valence-electron chi connectivity index (χ0n) is 23.2. The van der Waals surface area contributed by atoms with Gasteiger partial charge in [0, 0.05) is 38.9 Å². The molecule has 7 heteroatoms. The predicted molar refractivity (Wildman–Crippen MR) is 147 cm³/mol. The van der Waals surface area contributed by atoms with Gasteiger partial charge in [-0.25, -0.2) is 0 Å². The largest absolute Gasteiger partial charge is 2.00 e. The van der Waals surface area contributed by atoms with E-state index in [0.717, 1.165) is 5.56 Å². The quantitative estimate of drug-likeness (QED) is 0.261. The molecule has 4 nitrogen and oxygen atoms in total. The van der Waals surface area contributed by atoms with Crippen molar-refractivity contribution in [1.82, 2.24) is 0 Å². The van der Waals surface area contributed by atoms with Gasteiger partial charge in [0.15, 0.2) is 5.60 Å². The Morgan fingerprint density at radius 3 is 1.50 bits per heavy atom. The maximum absolute atomic E-state index is 12.5. The van der Waals surface area contributed by atoms with Crippen molar-refractivity contribution in [2.75, 3.05) is 27.5 Å². The van der Waals surface area contributed by atoms with Crippen molar-refractivity contribution in [3.8, 4) is 17.2 Å². The Kier molecular flexibility index (Phi) is 16.5. The van der Waals surface area contributed by atoms with Crippen LogP contribution in [0.25, 0.3) is 0 Å². The maximum Gasteiger partial charge on any atom is 2.00 e. The summed E-state index contributed by atoms with van der Waals surface area (Å²) >= 11 is 0. The van der Waals surface area contributed by atoms with Crippen molar-refractivity contribution in [3.05, 3.63) is 68.4 Å². The van der Waals surface area contributed by atoms with E-state index < -0.39 is 13.5 Å². The van der Waals surface area contributed by atoms with Gasteiger partial charge in [-0.1, -0.05) is 30.3 Å². The summed E-state index contributed by atoms with van der Waals surface area (Å²) < 4.78 is 16.9. The molecule has 34 heavy (non-hydrogen) atoms. The van der Waals surface area contributed by atoms with Gasteiger partial charge in [-0.15, -0.1) is 0 Å². The van der Waals surface area contributed by atoms with Crippen LogP contribution in [0.1, 0.15) is 52.7 Å². The van der Waals surface area contributed by atoms with Gasteiger partial charge >= 0.3 is 16.5 Å². The van der Waals surface area contributed by atoms with Gasteiger partial charge in [0.05, 0.1) is 43.4 Å². The van der Waals surface area contributed by atoms with E-state index in [0.29, 0.717) is 29.0 Å². The molecule has 1 N–H and O–H groups in total. The first-order valence-corrected chi connectivity index (χ1v) is 12.0. The average molecular weight is 529 g/mol. The van der Waals surface area contributed by atoms with Gasteiger partial charge in [-0.2, -0.15) is 0 Å². The van der Waals surface area contributed by atoms with Crippen LogP contribution in [-0.4, -0.2) is 61.8 Å². The van der Waals surface area contributed by atoms with E-state index in [4.69, 9.17) is 14.2 Å². The number of hydrogen-bond donors (Lipinski definition) is 1. The van der Waals surface area contributed by atoms with Crippen molar-refractivity contribution in [2.24, 2.45) is 0 Å². The monoisotopic (exact) mass is 528 g/mol. The van der Waals surface area contributed by atoms with Gasteiger partial charge in [0.2, 0.25) is 0 Å². The molecule has 191 valence electrons. The van der Waals surface area contributed by atoms with Crippen LogP contribution < -0.4 is 14.2 Å². The van der Waals surface area contributed by atoms with E-state index in [-0.39, 0.29) is 60.5 Å². The summed E-state index contributed by atoms with van der Waals surface area (Å²) in [4.78, 5) is 0. The van der Waals surface area contributed by atoms with Crippen LogP contribution in [0, 0.1) is 14.9 Å². The molecular formula is C27H44LiNiO4P+. The van der Waals surface area contributed by atoms with E-state index in [1.54, 1.807) is 21.3 Å². The van der Waals surface area contributed by atoms with Crippen LogP contribution in [-0.2, 0) is 22.1 Å². The number of aliphatic hydroxyl groups is 1. The van der Waals surface area contributed by atoms with Gasteiger partial charge in [-0.3, -0.25) is 0 Å². The first-order valence-electron chi connectivity index (χ1n) is 10.3. The summed E-state index contributed by atoms with van der Waals surface area (Å²) in [5.74, 6) is 1.74. The van der Waals surface area contributed by atoms with Gasteiger partial charge < -0.3 is 34.2 Å². The molecule has 0 amide bonds. The molecule has 2 aromatic rings. The minimum Gasteiger partial charge on any atom is -0.496 e. The van der Waals surface area contributed by atoms with Crippen LogP contribution in [0.4, 0.5) is 0 Å². The molecule has 0 fully saturated rings. The molecular weight excluding hydrogens is 485 g/mol. The second kappa shape index (κ2) is 14.8. The average Bonchev–Trinajstić information content (AvgIpc) is 2.69. The third-order valence-corrected chi connectivity index (χ3v) is 10.1. The summed E-state index contributed by atoms with van der Waals surface area (Å²) in [6.45, 7) is 13.7. The molecule has 1 radical (unpaired) electrons. The predicted octanol–water partition coefficient (Wildman–Crippen LogP) is 6.28. The first kappa shape index (κ1) is 37.9. The minimum atomic E-state index is -1.26. The molecule has 1 atom stereocenters. The summed E-state index contributed by atoms with van der Waals surface area (Å²) in [6.07, 6.45) is 0.619. The normalized spacial score (nSPS) is 12.7. The fraction of sp³-hybridized carbons (Fsp3) is 0.481. The SMILES string of the molecule is COc1cc(OC)c([C@@](O)(C[PH+](C(C)(C)C)C(C)(C)C)c2ccccc2)c(OC)c1.[CH3-].[CH3-].[Li].[Ni+2]. The van der Waals surface area contributed by atoms with Crippen molar-refractivity contribution < 1.29 is 35.8 Å². The molecule has 0 saturated heterocycles. The molecule has 2 aromatic carbocycles. The third kappa shape index (κ3) is 8.47. The van der Waals surface area contributed by atoms with Gasteiger partial charge in [-0.05, 0) is 47.1 Å². The number of rotatable bonds is 7. The standard InChI is InChI=1S/C25H37O4P.2CH3.Li.Ni/c1-23(2,3)30(24(4,5)6)17-25(26,18-13-11-10-12-14-18)22-20(28-8)15-19(27-7)16-21(22)29-9;;;;/h10-16,26H,17H2,1-9H3;2*1H3;;/q;2*-1;;+2/p+1/t25-;;;;/m1..../s1. The molecule has 0 aliphatic rings. The molecule has 0 aliphatic heterocycles. The Balaban J connectivity index is -0.00000240. The van der Waals surface area contributed by atoms with Crippen molar-refractivity contribution in [1.29, 1.82) is 0 Å². The molecule has 0 aliphatic carbocycles. The number of ether oxygens (including phenoxy) is 3. The molecule has 0 aromatic heterocycles. The Labute approximate surface area is 232 Å². The second-order valence-corrected chi connectivity index (χ2v) is 14.1. The molecule has 2 rings (SSSR count). The van der Waals surface area contributed by atoms with Crippen molar-refractivity contribution in [2.45, 2.75) is 57.5 Å². The van der Waals surface area contributed by atoms with E-state index in [9.17, 15) is 5.11 Å². The van der Waals surface area contributed by atoms with Crippen LogP contribution in [0.15, 0.2) is 42.5 Å². The van der Waals surface area contributed by atoms with Crippen LogP contribution in [0.3, 0.4) is 0 Å². The van der Waals surface area contributed by atoms with Crippen LogP contribution in [0.5, 0.6) is 17.2 Å². The van der Waals surface area contributed by atoms with E-state index in [2.05, 4.69) is 41.5 Å². The molecule has 0 spiro atoms. The maximum atomic E-state index is 12.5. The molecule has 0 bridgehead atoms. The van der Waals surface area contributed by atoms with Crippen LogP contribution >= 0.6 is 7.92 Å². The van der Waals surface area contributed by atoms with E-state index in [1.165, 1.54) is 0 Å². The summed E-state index contributed by atoms with van der Waals surface area (Å²) in [6, 6.07) is 13.5. The van der Waals surface area contributed by atoms with E-state index >= 15 is 0 Å². The number of benzene rings is 2. The van der Waals surface area contributed by atoms with E-state index in [1.807, 2.05) is 42.5 Å². The third-order valence-electron chi connectivity index (χ3n) is 5.62. The van der Waals surface area contributed by atoms with Gasteiger partial charge in [0.1, 0.15) is 17.2 Å². The molecule has 0 saturated carbocycles. The zero-order valence-corrected chi connectivity index (χ0v) is 25.2. The molecule has 0 heterocycles. The van der Waals surface area contributed by atoms with Crippen molar-refractivity contribution in [3.63, 3.8) is 0 Å². The Bertz CT molecular complexity index is 811. The Morgan fingerprint density at radius 2 is 1.18 bits per heavy atom. The summed E-state index contributed by atoms with van der Waals surface area (Å²) in [5.41, 5.74) is 0.220. The van der Waals surface area contributed by atoms with Gasteiger partial charge in [0.25, 0.3) is 0 Å². The number of methoxy groups -OCH3 is 3. The minimum absolute atomic E-state index is 0. The Hall–Kier alpha value is -0.679. The molecule has 0 unspecified atom stereocenters. The smallest absolute Gasteiger partial charge is 0.496 e. The zero-order chi connectivity index (χ0) is 22.7. The topological polar surface area (TPSA) is 47.9 Å². The summed E-state index contributed by atoms with van der Waals surface area (Å²) in [7, 11) is 3.75. The summed E-state index contributed by atoms with van der Waals surface area (Å²) in [5, 5.41) is 12.6. The first-order chi connectivity index (χ1) is 13.9. The van der Waals surface area contributed by atoms with Crippen molar-refractivity contribution >= 4 is 26.8 Å². The second-order valence-electron chi connectivity index (χ2n) is 9.79.